The quantitative estimate of drug-likeness (QED) is 0.590. The molecule has 0 aliphatic rings. The molecular formula is C9H5ClINO2. The van der Waals surface area contributed by atoms with Gasteiger partial charge in [-0.05, 0) is 34.7 Å². The van der Waals surface area contributed by atoms with Crippen LogP contribution in [-0.2, 0) is 4.74 Å². The van der Waals surface area contributed by atoms with Crippen LogP contribution < -0.4 is 0 Å². The largest absolute Gasteiger partial charge is 0.465 e. The van der Waals surface area contributed by atoms with Crippen molar-refractivity contribution in [1.82, 2.24) is 0 Å². The number of hydrogen-bond acceptors (Lipinski definition) is 3. The van der Waals surface area contributed by atoms with Crippen molar-refractivity contribution >= 4 is 40.2 Å². The van der Waals surface area contributed by atoms with Gasteiger partial charge in [-0.15, -0.1) is 0 Å². The molecule has 0 unspecified atom stereocenters. The minimum atomic E-state index is -0.554. The molecule has 1 rings (SSSR count). The van der Waals surface area contributed by atoms with Crippen LogP contribution in [0, 0.1) is 14.9 Å². The number of esters is 1. The number of ether oxygens (including phenoxy) is 1. The molecule has 0 spiro atoms. The van der Waals surface area contributed by atoms with Gasteiger partial charge in [-0.25, -0.2) is 4.79 Å². The van der Waals surface area contributed by atoms with Gasteiger partial charge in [0.25, 0.3) is 0 Å². The van der Waals surface area contributed by atoms with Gasteiger partial charge in [-0.2, -0.15) is 5.26 Å². The first-order chi connectivity index (χ1) is 6.60. The fourth-order valence-corrected chi connectivity index (χ4v) is 2.03. The van der Waals surface area contributed by atoms with Crippen molar-refractivity contribution in [3.63, 3.8) is 0 Å². The molecule has 0 saturated carbocycles. The molecule has 0 heterocycles. The van der Waals surface area contributed by atoms with Crippen LogP contribution in [0.1, 0.15) is 15.9 Å². The Labute approximate surface area is 99.8 Å². The van der Waals surface area contributed by atoms with E-state index >= 15 is 0 Å². The zero-order valence-electron chi connectivity index (χ0n) is 7.17. The van der Waals surface area contributed by atoms with Crippen LogP contribution in [0.25, 0.3) is 0 Å². The van der Waals surface area contributed by atoms with Crippen LogP contribution in [-0.4, -0.2) is 13.1 Å². The summed E-state index contributed by atoms with van der Waals surface area (Å²) in [7, 11) is 1.26. The molecule has 0 aliphatic carbocycles. The van der Waals surface area contributed by atoms with E-state index in [1.807, 2.05) is 28.7 Å². The molecule has 0 N–H and O–H groups in total. The van der Waals surface area contributed by atoms with E-state index < -0.39 is 5.97 Å². The molecule has 0 aliphatic heterocycles. The number of benzene rings is 1. The molecular weight excluding hydrogens is 316 g/mol. The van der Waals surface area contributed by atoms with Gasteiger partial charge in [0, 0.05) is 3.57 Å². The van der Waals surface area contributed by atoms with Gasteiger partial charge in [0.15, 0.2) is 0 Å². The maximum atomic E-state index is 11.3. The second-order valence-electron chi connectivity index (χ2n) is 2.41. The van der Waals surface area contributed by atoms with Crippen molar-refractivity contribution in [3.8, 4) is 6.07 Å². The van der Waals surface area contributed by atoms with Crippen LogP contribution in [0.3, 0.4) is 0 Å². The van der Waals surface area contributed by atoms with E-state index in [0.29, 0.717) is 0 Å². The van der Waals surface area contributed by atoms with E-state index in [1.54, 1.807) is 12.1 Å². The monoisotopic (exact) mass is 321 g/mol. The highest BCUT2D eigenvalue weighted by Gasteiger charge is 2.15. The summed E-state index contributed by atoms with van der Waals surface area (Å²) in [5, 5.41) is 9.05. The molecule has 0 radical (unpaired) electrons. The molecule has 5 heteroatoms. The van der Waals surface area contributed by atoms with Crippen molar-refractivity contribution in [2.24, 2.45) is 0 Å². The van der Waals surface area contributed by atoms with E-state index in [4.69, 9.17) is 16.9 Å². The van der Waals surface area contributed by atoms with Crippen molar-refractivity contribution in [2.45, 2.75) is 0 Å². The Morgan fingerprint density at radius 2 is 2.29 bits per heavy atom. The van der Waals surface area contributed by atoms with Gasteiger partial charge in [0.05, 0.1) is 23.3 Å². The van der Waals surface area contributed by atoms with Crippen LogP contribution in [0.4, 0.5) is 0 Å². The summed E-state index contributed by atoms with van der Waals surface area (Å²) in [5.41, 5.74) is 0.353. The number of nitriles is 1. The Balaban J connectivity index is 3.41. The molecule has 3 nitrogen and oxygen atoms in total. The lowest BCUT2D eigenvalue weighted by atomic mass is 10.1. The average molecular weight is 322 g/mol. The minimum absolute atomic E-state index is 0.152. The van der Waals surface area contributed by atoms with E-state index in [2.05, 4.69) is 4.74 Å². The Kier molecular flexibility index (Phi) is 3.72. The van der Waals surface area contributed by atoms with Crippen molar-refractivity contribution in [1.29, 1.82) is 5.26 Å². The summed E-state index contributed by atoms with van der Waals surface area (Å²) in [6.07, 6.45) is 0. The molecule has 0 amide bonds. The van der Waals surface area contributed by atoms with Gasteiger partial charge in [-0.1, -0.05) is 11.6 Å². The van der Waals surface area contributed by atoms with E-state index in [-0.39, 0.29) is 16.1 Å². The number of carbonyl (C=O) groups excluding carboxylic acids is 1. The highest BCUT2D eigenvalue weighted by atomic mass is 127. The fraction of sp³-hybridized carbons (Fsp3) is 0.111. The summed E-state index contributed by atoms with van der Waals surface area (Å²) in [5.74, 6) is -0.554. The highest BCUT2D eigenvalue weighted by molar-refractivity contribution is 14.1. The van der Waals surface area contributed by atoms with E-state index in [9.17, 15) is 4.79 Å². The summed E-state index contributed by atoms with van der Waals surface area (Å²) < 4.78 is 5.32. The summed E-state index contributed by atoms with van der Waals surface area (Å²) in [6, 6.07) is 5.05. The van der Waals surface area contributed by atoms with Gasteiger partial charge in [-0.3, -0.25) is 0 Å². The van der Waals surface area contributed by atoms with Crippen LogP contribution in [0.2, 0.25) is 5.02 Å². The van der Waals surface area contributed by atoms with E-state index in [0.717, 1.165) is 3.57 Å². The summed E-state index contributed by atoms with van der Waals surface area (Å²) in [6.45, 7) is 0. The second-order valence-corrected chi connectivity index (χ2v) is 4.07. The summed E-state index contributed by atoms with van der Waals surface area (Å²) >= 11 is 7.81. The first-order valence-corrected chi connectivity index (χ1v) is 5.03. The number of nitrogens with zero attached hydrogens (tertiary/aromatic N) is 1. The molecule has 1 aromatic rings. The molecule has 0 saturated heterocycles. The molecule has 0 bridgehead atoms. The second kappa shape index (κ2) is 4.62. The predicted octanol–water partition coefficient (Wildman–Crippen LogP) is 2.60. The minimum Gasteiger partial charge on any atom is -0.465 e. The number of rotatable bonds is 1. The topological polar surface area (TPSA) is 50.1 Å². The summed E-state index contributed by atoms with van der Waals surface area (Å²) in [4.78, 5) is 11.3. The molecule has 0 fully saturated rings. The lowest BCUT2D eigenvalue weighted by molar-refractivity contribution is 0.0600. The van der Waals surface area contributed by atoms with Crippen molar-refractivity contribution < 1.29 is 9.53 Å². The Morgan fingerprint density at radius 3 is 2.79 bits per heavy atom. The van der Waals surface area contributed by atoms with Gasteiger partial charge < -0.3 is 4.74 Å². The Morgan fingerprint density at radius 1 is 1.64 bits per heavy atom. The lowest BCUT2D eigenvalue weighted by Crippen LogP contribution is -2.05. The number of hydrogen-bond donors (Lipinski definition) is 0. The van der Waals surface area contributed by atoms with Crippen LogP contribution in [0.5, 0.6) is 0 Å². The lowest BCUT2D eigenvalue weighted by Gasteiger charge is -2.04. The number of carbonyl (C=O) groups is 1. The third kappa shape index (κ3) is 2.16. The van der Waals surface area contributed by atoms with Gasteiger partial charge in [0.1, 0.15) is 6.07 Å². The maximum Gasteiger partial charge on any atom is 0.339 e. The zero-order chi connectivity index (χ0) is 10.7. The molecule has 0 atom stereocenters. The number of methoxy groups -OCH3 is 1. The zero-order valence-corrected chi connectivity index (χ0v) is 10.1. The van der Waals surface area contributed by atoms with Crippen LogP contribution >= 0.6 is 34.2 Å². The Hall–Kier alpha value is -0.800. The fourth-order valence-electron chi connectivity index (χ4n) is 0.958. The van der Waals surface area contributed by atoms with E-state index in [1.165, 1.54) is 7.11 Å². The highest BCUT2D eigenvalue weighted by Crippen LogP contribution is 2.23. The van der Waals surface area contributed by atoms with Crippen molar-refractivity contribution in [3.05, 3.63) is 31.9 Å². The standard InChI is InChI=1S/C9H5ClINO2/c1-14-9(13)6-2-5(11)3-8(10)7(6)4-12/h2-3H,1H3. The van der Waals surface area contributed by atoms with Crippen LogP contribution in [0.15, 0.2) is 12.1 Å². The normalized spacial score (nSPS) is 9.29. The van der Waals surface area contributed by atoms with Gasteiger partial charge in [0.2, 0.25) is 0 Å². The Bertz CT molecular complexity index is 426. The smallest absolute Gasteiger partial charge is 0.339 e. The first kappa shape index (κ1) is 11.3. The SMILES string of the molecule is COC(=O)c1cc(I)cc(Cl)c1C#N. The average Bonchev–Trinajstić information content (AvgIpc) is 2.15. The molecule has 14 heavy (non-hydrogen) atoms. The molecule has 0 aromatic heterocycles. The van der Waals surface area contributed by atoms with Crippen molar-refractivity contribution in [2.75, 3.05) is 7.11 Å². The maximum absolute atomic E-state index is 11.3. The molecule has 1 aromatic carbocycles. The third-order valence-electron chi connectivity index (χ3n) is 1.57. The molecule has 72 valence electrons. The number of halogens is 2. The van der Waals surface area contributed by atoms with Gasteiger partial charge >= 0.3 is 5.97 Å². The first-order valence-electron chi connectivity index (χ1n) is 3.57. The third-order valence-corrected chi connectivity index (χ3v) is 2.49. The predicted molar refractivity (Wildman–Crippen MR) is 60.2 cm³/mol.